The molecule has 0 rings (SSSR count). The Morgan fingerprint density at radius 3 is 1.30 bits per heavy atom. The lowest BCUT2D eigenvalue weighted by molar-refractivity contribution is -0.150. The maximum atomic E-state index is 13.3. The quantitative estimate of drug-likeness (QED) is 0.0244. The molecule has 0 radical (unpaired) electrons. The normalized spacial score (nSPS) is 14.1. The minimum Gasteiger partial charge on any atom is -0.462 e. The third kappa shape index (κ3) is 50.6. The van der Waals surface area contributed by atoms with Crippen molar-refractivity contribution in [3.05, 3.63) is 122 Å². The Balaban J connectivity index is 4.77. The highest BCUT2D eigenvalue weighted by atomic mass is 16.5. The number of rotatable bonds is 50. The molecule has 0 saturated heterocycles. The fourth-order valence-electron chi connectivity index (χ4n) is 8.06. The number of aliphatic hydroxyl groups excluding tert-OH is 2. The number of esters is 1. The fraction of sp³-hybridized carbons (Fsp3) is 0.656. The SMILES string of the molecule is CC/C=C\C/C=C\C/C=C\C/C=C\C/C=C\C/C=C\CCC(=O)OC(CCCCC/C=C/C=C/C=C/C=C/CCCCC)CC(=O)NC(CO)C(O)CCCCCCCCCCCCCCCCCC. The molecule has 0 heterocycles. The van der Waals surface area contributed by atoms with Gasteiger partial charge in [0.15, 0.2) is 0 Å². The molecule has 0 aromatic rings. The average Bonchev–Trinajstić information content (AvgIpc) is 3.35. The summed E-state index contributed by atoms with van der Waals surface area (Å²) >= 11 is 0. The van der Waals surface area contributed by atoms with Crippen molar-refractivity contribution < 1.29 is 24.5 Å². The second-order valence-electron chi connectivity index (χ2n) is 19.0. The van der Waals surface area contributed by atoms with Gasteiger partial charge >= 0.3 is 5.97 Å². The molecule has 0 fully saturated rings. The first-order valence-electron chi connectivity index (χ1n) is 28.8. The van der Waals surface area contributed by atoms with Crippen LogP contribution in [0, 0.1) is 0 Å². The third-order valence-electron chi connectivity index (χ3n) is 12.4. The fourth-order valence-corrected chi connectivity index (χ4v) is 8.06. The summed E-state index contributed by atoms with van der Waals surface area (Å²) in [4.78, 5) is 26.2. The van der Waals surface area contributed by atoms with Gasteiger partial charge in [0.05, 0.1) is 25.2 Å². The summed E-state index contributed by atoms with van der Waals surface area (Å²) in [5.41, 5.74) is 0. The van der Waals surface area contributed by atoms with E-state index in [2.05, 4.69) is 123 Å². The molecule has 3 atom stereocenters. The van der Waals surface area contributed by atoms with Crippen molar-refractivity contribution in [1.82, 2.24) is 5.32 Å². The van der Waals surface area contributed by atoms with Crippen LogP contribution in [0.1, 0.15) is 245 Å². The first kappa shape index (κ1) is 66.3. The van der Waals surface area contributed by atoms with Crippen LogP contribution < -0.4 is 5.32 Å². The van der Waals surface area contributed by atoms with Crippen LogP contribution in [-0.2, 0) is 14.3 Å². The molecule has 3 unspecified atom stereocenters. The largest absolute Gasteiger partial charge is 0.462 e. The topological polar surface area (TPSA) is 95.9 Å². The smallest absolute Gasteiger partial charge is 0.306 e. The van der Waals surface area contributed by atoms with Gasteiger partial charge in [0.1, 0.15) is 6.10 Å². The number of allylic oxidation sites excluding steroid dienone is 20. The van der Waals surface area contributed by atoms with Gasteiger partial charge in [0.2, 0.25) is 5.91 Å². The molecular formula is C64H107NO5. The van der Waals surface area contributed by atoms with E-state index in [9.17, 15) is 19.8 Å². The second-order valence-corrected chi connectivity index (χ2v) is 19.0. The predicted octanol–water partition coefficient (Wildman–Crippen LogP) is 18.0. The van der Waals surface area contributed by atoms with Gasteiger partial charge in [-0.15, -0.1) is 0 Å². The molecule has 0 aliphatic carbocycles. The molecule has 70 heavy (non-hydrogen) atoms. The van der Waals surface area contributed by atoms with Crippen LogP contribution >= 0.6 is 0 Å². The van der Waals surface area contributed by atoms with Crippen LogP contribution in [0.2, 0.25) is 0 Å². The van der Waals surface area contributed by atoms with Crippen LogP contribution in [0.5, 0.6) is 0 Å². The summed E-state index contributed by atoms with van der Waals surface area (Å²) in [6.45, 7) is 6.31. The highest BCUT2D eigenvalue weighted by Crippen LogP contribution is 2.17. The van der Waals surface area contributed by atoms with Crippen LogP contribution in [0.3, 0.4) is 0 Å². The van der Waals surface area contributed by atoms with E-state index < -0.39 is 18.2 Å². The van der Waals surface area contributed by atoms with Gasteiger partial charge < -0.3 is 20.3 Å². The summed E-state index contributed by atoms with van der Waals surface area (Å²) in [5.74, 6) is -0.620. The van der Waals surface area contributed by atoms with Crippen LogP contribution in [-0.4, -0.2) is 46.9 Å². The monoisotopic (exact) mass is 970 g/mol. The lowest BCUT2D eigenvalue weighted by atomic mass is 10.0. The molecular weight excluding hydrogens is 863 g/mol. The van der Waals surface area contributed by atoms with Crippen molar-refractivity contribution in [3.8, 4) is 0 Å². The zero-order valence-corrected chi connectivity index (χ0v) is 45.4. The Hall–Kier alpha value is -3.74. The first-order chi connectivity index (χ1) is 34.5. The van der Waals surface area contributed by atoms with Gasteiger partial charge in [-0.05, 0) is 89.9 Å². The summed E-state index contributed by atoms with van der Waals surface area (Å²) in [7, 11) is 0. The van der Waals surface area contributed by atoms with Gasteiger partial charge in [0, 0.05) is 6.42 Å². The lowest BCUT2D eigenvalue weighted by Gasteiger charge is -2.24. The molecule has 0 aliphatic heterocycles. The van der Waals surface area contributed by atoms with Gasteiger partial charge in [-0.1, -0.05) is 264 Å². The molecule has 3 N–H and O–H groups in total. The summed E-state index contributed by atoms with van der Waals surface area (Å²) in [6, 6.07) is -0.739. The Morgan fingerprint density at radius 2 is 0.829 bits per heavy atom. The van der Waals surface area contributed by atoms with Gasteiger partial charge in [-0.25, -0.2) is 0 Å². The molecule has 0 spiro atoms. The molecule has 398 valence electrons. The molecule has 1 amide bonds. The minimum absolute atomic E-state index is 0.0140. The molecule has 0 bridgehead atoms. The van der Waals surface area contributed by atoms with E-state index in [1.807, 2.05) is 24.3 Å². The van der Waals surface area contributed by atoms with Crippen molar-refractivity contribution in [2.24, 2.45) is 0 Å². The predicted molar refractivity (Wildman–Crippen MR) is 305 cm³/mol. The highest BCUT2D eigenvalue weighted by molar-refractivity contribution is 5.77. The van der Waals surface area contributed by atoms with E-state index in [0.29, 0.717) is 19.3 Å². The molecule has 0 aromatic heterocycles. The number of carbonyl (C=O) groups excluding carboxylic acids is 2. The Kier molecular flexibility index (Phi) is 53.2. The lowest BCUT2D eigenvalue weighted by Crippen LogP contribution is -2.46. The van der Waals surface area contributed by atoms with E-state index in [0.717, 1.165) is 89.9 Å². The summed E-state index contributed by atoms with van der Waals surface area (Å²) in [6.07, 6.45) is 78.4. The summed E-state index contributed by atoms with van der Waals surface area (Å²) < 4.78 is 5.90. The first-order valence-corrected chi connectivity index (χ1v) is 28.8. The molecule has 6 nitrogen and oxygen atoms in total. The van der Waals surface area contributed by atoms with Gasteiger partial charge in [-0.3, -0.25) is 9.59 Å². The van der Waals surface area contributed by atoms with E-state index >= 15 is 0 Å². The van der Waals surface area contributed by atoms with E-state index in [1.54, 1.807) is 0 Å². The Bertz CT molecular complexity index is 1460. The van der Waals surface area contributed by atoms with Gasteiger partial charge in [0.25, 0.3) is 0 Å². The zero-order valence-electron chi connectivity index (χ0n) is 45.4. The zero-order chi connectivity index (χ0) is 50.9. The average molecular weight is 971 g/mol. The number of amides is 1. The summed E-state index contributed by atoms with van der Waals surface area (Å²) in [5, 5.41) is 23.9. The van der Waals surface area contributed by atoms with Crippen molar-refractivity contribution in [1.29, 1.82) is 0 Å². The van der Waals surface area contributed by atoms with E-state index in [4.69, 9.17) is 4.74 Å². The maximum Gasteiger partial charge on any atom is 0.306 e. The standard InChI is InChI=1S/C64H107NO5/c1-4-7-10-13-16-19-22-25-28-31-32-33-36-39-42-45-48-51-54-57-64(69)70-60(55-52-49-46-43-40-37-34-29-26-23-20-17-14-11-8-5-2)58-63(68)65-61(59-66)62(67)56-53-50-47-44-41-38-35-30-27-24-21-18-15-12-9-6-3/h7,10,16-17,19-20,23,25-26,28-29,32-34,37,39-40,42,48,51,60-62,66-67H,4-6,8-9,11-15,18,21-22,24,27,30-31,35-36,38,41,43-47,49-50,52-59H2,1-3H3,(H,65,68)/b10-7-,19-16-,20-17+,26-23+,28-25-,33-32-,34-29+,40-37+,42-39-,51-48-. The van der Waals surface area contributed by atoms with Gasteiger partial charge in [-0.2, -0.15) is 0 Å². The number of hydrogen-bond acceptors (Lipinski definition) is 5. The third-order valence-corrected chi connectivity index (χ3v) is 12.4. The van der Waals surface area contributed by atoms with E-state index in [1.165, 1.54) is 103 Å². The highest BCUT2D eigenvalue weighted by Gasteiger charge is 2.24. The van der Waals surface area contributed by atoms with Crippen molar-refractivity contribution in [2.45, 2.75) is 264 Å². The van der Waals surface area contributed by atoms with Crippen molar-refractivity contribution in [3.63, 3.8) is 0 Å². The number of nitrogens with one attached hydrogen (secondary N) is 1. The van der Waals surface area contributed by atoms with Crippen molar-refractivity contribution in [2.75, 3.05) is 6.61 Å². The number of unbranched alkanes of at least 4 members (excludes halogenated alkanes) is 21. The number of ether oxygens (including phenoxy) is 1. The number of aliphatic hydroxyl groups is 2. The minimum atomic E-state index is -0.820. The Labute approximate surface area is 431 Å². The molecule has 0 saturated carbocycles. The van der Waals surface area contributed by atoms with Crippen molar-refractivity contribution >= 4 is 11.9 Å². The number of carbonyl (C=O) groups is 2. The molecule has 0 aromatic carbocycles. The Morgan fingerprint density at radius 1 is 0.443 bits per heavy atom. The second kappa shape index (κ2) is 56.2. The van der Waals surface area contributed by atoms with Crippen LogP contribution in [0.4, 0.5) is 0 Å². The molecule has 0 aliphatic rings. The molecule has 6 heteroatoms. The van der Waals surface area contributed by atoms with Crippen LogP contribution in [0.15, 0.2) is 122 Å². The maximum absolute atomic E-state index is 13.3. The van der Waals surface area contributed by atoms with Crippen LogP contribution in [0.25, 0.3) is 0 Å². The van der Waals surface area contributed by atoms with E-state index in [-0.39, 0.29) is 31.3 Å². The number of hydrogen-bond donors (Lipinski definition) is 3.